The van der Waals surface area contributed by atoms with Gasteiger partial charge in [-0.3, -0.25) is 4.79 Å². The van der Waals surface area contributed by atoms with E-state index < -0.39 is 20.6 Å². The van der Waals surface area contributed by atoms with Gasteiger partial charge in [0.1, 0.15) is 6.04 Å². The molecule has 1 atom stereocenters. The second kappa shape index (κ2) is 6.56. The van der Waals surface area contributed by atoms with E-state index in [9.17, 15) is 13.2 Å². The van der Waals surface area contributed by atoms with E-state index in [0.29, 0.717) is 0 Å². The van der Waals surface area contributed by atoms with Crippen LogP contribution in [0.1, 0.15) is 31.0 Å². The van der Waals surface area contributed by atoms with Crippen molar-refractivity contribution in [3.05, 3.63) is 35.4 Å². The minimum absolute atomic E-state index is 0. The summed E-state index contributed by atoms with van der Waals surface area (Å²) in [6.07, 6.45) is 0. The number of carbonyl (C=O) groups excluding carboxylic acids is 1. The van der Waals surface area contributed by atoms with Gasteiger partial charge in [-0.2, -0.15) is 0 Å². The van der Waals surface area contributed by atoms with Gasteiger partial charge in [-0.1, -0.05) is 29.8 Å². The molecule has 124 valence electrons. The Morgan fingerprint density at radius 1 is 1.27 bits per heavy atom. The average molecular weight is 347 g/mol. The molecule has 1 aromatic carbocycles. The third-order valence-electron chi connectivity index (χ3n) is 4.06. The lowest BCUT2D eigenvalue weighted by molar-refractivity contribution is -0.133. The molecule has 22 heavy (non-hydrogen) atoms. The summed E-state index contributed by atoms with van der Waals surface area (Å²) in [7, 11) is -3.16. The lowest BCUT2D eigenvalue weighted by Crippen LogP contribution is -2.56. The summed E-state index contributed by atoms with van der Waals surface area (Å²) in [4.78, 5) is 14.0. The van der Waals surface area contributed by atoms with E-state index >= 15 is 0 Å². The van der Waals surface area contributed by atoms with Gasteiger partial charge in [0.2, 0.25) is 5.91 Å². The van der Waals surface area contributed by atoms with Crippen LogP contribution < -0.4 is 5.73 Å². The predicted octanol–water partition coefficient (Wildman–Crippen LogP) is 1.45. The second-order valence-corrected chi connectivity index (χ2v) is 8.97. The highest BCUT2D eigenvalue weighted by Crippen LogP contribution is 2.25. The molecule has 1 fully saturated rings. The van der Waals surface area contributed by atoms with Crippen LogP contribution in [-0.4, -0.2) is 42.8 Å². The van der Waals surface area contributed by atoms with Crippen molar-refractivity contribution >= 4 is 28.2 Å². The first-order valence-electron chi connectivity index (χ1n) is 6.97. The first-order valence-corrected chi connectivity index (χ1v) is 8.62. The highest BCUT2D eigenvalue weighted by atomic mass is 35.5. The fraction of sp³-hybridized carbons (Fsp3) is 0.533. The molecule has 1 heterocycles. The van der Waals surface area contributed by atoms with Crippen molar-refractivity contribution in [2.75, 3.05) is 18.8 Å². The molecule has 2 rings (SSSR count). The van der Waals surface area contributed by atoms with Crippen molar-refractivity contribution in [2.24, 2.45) is 5.73 Å². The molecule has 0 aliphatic carbocycles. The summed E-state index contributed by atoms with van der Waals surface area (Å²) in [5.74, 6) is -0.228. The lowest BCUT2D eigenvalue weighted by Gasteiger charge is -2.38. The maximum absolute atomic E-state index is 12.5. The number of hydrogen-bond acceptors (Lipinski definition) is 4. The summed E-state index contributed by atoms with van der Waals surface area (Å²) in [6.45, 7) is 5.67. The summed E-state index contributed by atoms with van der Waals surface area (Å²) < 4.78 is 23.0. The first-order chi connectivity index (χ1) is 9.64. The quantitative estimate of drug-likeness (QED) is 0.879. The van der Waals surface area contributed by atoms with Gasteiger partial charge >= 0.3 is 0 Å². The van der Waals surface area contributed by atoms with E-state index in [2.05, 4.69) is 0 Å². The molecule has 1 saturated heterocycles. The Bertz CT molecular complexity index is 641. The molecule has 0 radical (unpaired) electrons. The van der Waals surface area contributed by atoms with Crippen LogP contribution in [0.25, 0.3) is 0 Å². The summed E-state index contributed by atoms with van der Waals surface area (Å²) in [5.41, 5.74) is 7.88. The van der Waals surface area contributed by atoms with Gasteiger partial charge in [0.15, 0.2) is 9.84 Å². The van der Waals surface area contributed by atoms with Crippen LogP contribution in [0, 0.1) is 6.92 Å². The van der Waals surface area contributed by atoms with Gasteiger partial charge in [0.25, 0.3) is 0 Å². The molecule has 0 bridgehead atoms. The zero-order chi connectivity index (χ0) is 15.8. The summed E-state index contributed by atoms with van der Waals surface area (Å²) in [6, 6.07) is 6.75. The van der Waals surface area contributed by atoms with E-state index in [1.54, 1.807) is 18.7 Å². The first kappa shape index (κ1) is 18.9. The van der Waals surface area contributed by atoms with E-state index in [4.69, 9.17) is 5.73 Å². The summed E-state index contributed by atoms with van der Waals surface area (Å²) >= 11 is 0. The molecule has 1 amide bonds. The normalized spacial score (nSPS) is 20.8. The van der Waals surface area contributed by atoms with Crippen molar-refractivity contribution in [1.82, 2.24) is 4.90 Å². The van der Waals surface area contributed by atoms with Gasteiger partial charge in [-0.25, -0.2) is 8.42 Å². The number of hydrogen-bond donors (Lipinski definition) is 1. The van der Waals surface area contributed by atoms with Crippen LogP contribution in [0.2, 0.25) is 0 Å². The highest BCUT2D eigenvalue weighted by Gasteiger charge is 2.42. The van der Waals surface area contributed by atoms with E-state index in [1.807, 2.05) is 31.2 Å². The molecule has 7 heteroatoms. The number of carbonyl (C=O) groups is 1. The molecule has 1 aliphatic rings. The third-order valence-corrected chi connectivity index (χ3v) is 6.59. The highest BCUT2D eigenvalue weighted by molar-refractivity contribution is 7.92. The van der Waals surface area contributed by atoms with Gasteiger partial charge in [-0.05, 0) is 26.3 Å². The van der Waals surface area contributed by atoms with Gasteiger partial charge in [0, 0.05) is 13.1 Å². The van der Waals surface area contributed by atoms with Crippen LogP contribution in [0.4, 0.5) is 0 Å². The number of amides is 1. The molecular formula is C15H23ClN2O3S. The zero-order valence-electron chi connectivity index (χ0n) is 13.1. The number of benzene rings is 1. The molecular weight excluding hydrogens is 324 g/mol. The molecule has 1 unspecified atom stereocenters. The van der Waals surface area contributed by atoms with E-state index in [1.165, 1.54) is 0 Å². The van der Waals surface area contributed by atoms with Gasteiger partial charge in [0.05, 0.1) is 10.5 Å². The number of halogens is 1. The van der Waals surface area contributed by atoms with Crippen molar-refractivity contribution in [2.45, 2.75) is 31.6 Å². The fourth-order valence-corrected chi connectivity index (χ4v) is 3.81. The lowest BCUT2D eigenvalue weighted by atomic mass is 10.0. The molecule has 0 saturated carbocycles. The number of rotatable bonds is 2. The SMILES string of the molecule is Cc1ccc(C(N)C(=O)N2CCS(=O)(=O)C(C)(C)C2)cc1.Cl. The van der Waals surface area contributed by atoms with Crippen LogP contribution >= 0.6 is 12.4 Å². The minimum atomic E-state index is -3.16. The minimum Gasteiger partial charge on any atom is -0.338 e. The van der Waals surface area contributed by atoms with Crippen LogP contribution in [-0.2, 0) is 14.6 Å². The largest absolute Gasteiger partial charge is 0.338 e. The molecule has 1 aliphatic heterocycles. The zero-order valence-corrected chi connectivity index (χ0v) is 14.7. The molecule has 5 nitrogen and oxygen atoms in total. The number of aryl methyl sites for hydroxylation is 1. The Morgan fingerprint density at radius 2 is 1.82 bits per heavy atom. The van der Waals surface area contributed by atoms with E-state index in [-0.39, 0.29) is 37.2 Å². The maximum atomic E-state index is 12.5. The molecule has 2 N–H and O–H groups in total. The molecule has 0 aromatic heterocycles. The van der Waals surface area contributed by atoms with E-state index in [0.717, 1.165) is 11.1 Å². The van der Waals surface area contributed by atoms with Crippen molar-refractivity contribution in [3.63, 3.8) is 0 Å². The van der Waals surface area contributed by atoms with Crippen LogP contribution in [0.15, 0.2) is 24.3 Å². The topological polar surface area (TPSA) is 80.5 Å². The average Bonchev–Trinajstić information content (AvgIpc) is 2.41. The standard InChI is InChI=1S/C15H22N2O3S.ClH/c1-11-4-6-12(7-5-11)13(16)14(18)17-8-9-21(19,20)15(2,3)10-17;/h4-7,13H,8-10,16H2,1-3H3;1H. The number of nitrogens with two attached hydrogens (primary N) is 1. The molecule has 0 spiro atoms. The fourth-order valence-electron chi connectivity index (χ4n) is 2.44. The Morgan fingerprint density at radius 3 is 2.32 bits per heavy atom. The smallest absolute Gasteiger partial charge is 0.244 e. The Labute approximate surface area is 138 Å². The molecule has 1 aromatic rings. The Kier molecular flexibility index (Phi) is 5.65. The summed E-state index contributed by atoms with van der Waals surface area (Å²) in [5, 5.41) is 0. The third kappa shape index (κ3) is 3.62. The Balaban J connectivity index is 0.00000242. The van der Waals surface area contributed by atoms with Crippen molar-refractivity contribution < 1.29 is 13.2 Å². The number of sulfone groups is 1. The monoisotopic (exact) mass is 346 g/mol. The van der Waals surface area contributed by atoms with Gasteiger partial charge < -0.3 is 10.6 Å². The van der Waals surface area contributed by atoms with Crippen molar-refractivity contribution in [1.29, 1.82) is 0 Å². The number of nitrogens with zero attached hydrogens (tertiary/aromatic N) is 1. The van der Waals surface area contributed by atoms with Gasteiger partial charge in [-0.15, -0.1) is 12.4 Å². The second-order valence-electron chi connectivity index (χ2n) is 6.23. The maximum Gasteiger partial charge on any atom is 0.244 e. The van der Waals surface area contributed by atoms with Crippen LogP contribution in [0.3, 0.4) is 0 Å². The van der Waals surface area contributed by atoms with Crippen molar-refractivity contribution in [3.8, 4) is 0 Å². The predicted molar refractivity (Wildman–Crippen MR) is 89.8 cm³/mol. The van der Waals surface area contributed by atoms with Crippen LogP contribution in [0.5, 0.6) is 0 Å². The Hall–Kier alpha value is -1.11.